The summed E-state index contributed by atoms with van der Waals surface area (Å²) in [6.45, 7) is 8.31. The SMILES string of the molecule is CCCCC(SCCCCC(C)F)C(=O)OCC(C)C. The van der Waals surface area contributed by atoms with E-state index in [-0.39, 0.29) is 11.2 Å². The van der Waals surface area contributed by atoms with Crippen molar-refractivity contribution in [2.45, 2.75) is 77.6 Å². The van der Waals surface area contributed by atoms with Gasteiger partial charge in [0.25, 0.3) is 0 Å². The van der Waals surface area contributed by atoms with Gasteiger partial charge >= 0.3 is 5.97 Å². The lowest BCUT2D eigenvalue weighted by Gasteiger charge is -2.16. The summed E-state index contributed by atoms with van der Waals surface area (Å²) in [7, 11) is 0. The van der Waals surface area contributed by atoms with Gasteiger partial charge in [0, 0.05) is 0 Å². The van der Waals surface area contributed by atoms with Gasteiger partial charge in [-0.3, -0.25) is 4.79 Å². The molecule has 0 heterocycles. The van der Waals surface area contributed by atoms with Gasteiger partial charge in [0.05, 0.1) is 12.8 Å². The summed E-state index contributed by atoms with van der Waals surface area (Å²) in [5.41, 5.74) is 0. The average molecular weight is 306 g/mol. The molecule has 0 aromatic carbocycles. The van der Waals surface area contributed by atoms with Crippen molar-refractivity contribution in [1.29, 1.82) is 0 Å². The summed E-state index contributed by atoms with van der Waals surface area (Å²) in [4.78, 5) is 12.0. The molecule has 0 spiro atoms. The number of alkyl halides is 1. The molecule has 2 atom stereocenters. The van der Waals surface area contributed by atoms with Gasteiger partial charge in [-0.1, -0.05) is 33.6 Å². The number of hydrogen-bond donors (Lipinski definition) is 0. The van der Waals surface area contributed by atoms with Gasteiger partial charge in [-0.2, -0.15) is 0 Å². The van der Waals surface area contributed by atoms with E-state index >= 15 is 0 Å². The molecule has 0 amide bonds. The third-order valence-corrected chi connectivity index (χ3v) is 4.31. The van der Waals surface area contributed by atoms with E-state index in [1.807, 2.05) is 13.8 Å². The lowest BCUT2D eigenvalue weighted by molar-refractivity contribution is -0.144. The smallest absolute Gasteiger partial charge is 0.319 e. The number of rotatable bonds is 12. The van der Waals surface area contributed by atoms with Gasteiger partial charge in [-0.05, 0) is 44.3 Å². The van der Waals surface area contributed by atoms with E-state index in [4.69, 9.17) is 4.74 Å². The van der Waals surface area contributed by atoms with Crippen LogP contribution in [0.3, 0.4) is 0 Å². The first-order valence-corrected chi connectivity index (χ1v) is 8.94. The van der Waals surface area contributed by atoms with E-state index in [9.17, 15) is 9.18 Å². The second-order valence-corrected chi connectivity index (χ2v) is 7.11. The van der Waals surface area contributed by atoms with E-state index < -0.39 is 6.17 Å². The maximum absolute atomic E-state index is 12.7. The van der Waals surface area contributed by atoms with E-state index in [1.54, 1.807) is 18.7 Å². The number of thioether (sulfide) groups is 1. The molecule has 20 heavy (non-hydrogen) atoms. The Balaban J connectivity index is 3.97. The Bertz CT molecular complexity index is 245. The fraction of sp³-hybridized carbons (Fsp3) is 0.938. The molecule has 0 saturated heterocycles. The molecular weight excluding hydrogens is 275 g/mol. The number of carbonyl (C=O) groups is 1. The molecule has 2 nitrogen and oxygen atoms in total. The lowest BCUT2D eigenvalue weighted by atomic mass is 10.2. The minimum atomic E-state index is -0.716. The van der Waals surface area contributed by atoms with Crippen LogP contribution in [-0.2, 0) is 9.53 Å². The zero-order chi connectivity index (χ0) is 15.4. The highest BCUT2D eigenvalue weighted by atomic mass is 32.2. The third kappa shape index (κ3) is 11.6. The third-order valence-electron chi connectivity index (χ3n) is 2.96. The normalized spacial score (nSPS) is 14.3. The maximum Gasteiger partial charge on any atom is 0.319 e. The summed E-state index contributed by atoms with van der Waals surface area (Å²) >= 11 is 1.68. The highest BCUT2D eigenvalue weighted by Crippen LogP contribution is 2.21. The van der Waals surface area contributed by atoms with Gasteiger partial charge in [0.15, 0.2) is 0 Å². The first kappa shape index (κ1) is 19.8. The number of ether oxygens (including phenoxy) is 1. The minimum Gasteiger partial charge on any atom is -0.465 e. The topological polar surface area (TPSA) is 26.3 Å². The summed E-state index contributed by atoms with van der Waals surface area (Å²) in [6.07, 6.45) is 4.80. The molecule has 0 aliphatic carbocycles. The Morgan fingerprint density at radius 2 is 1.85 bits per heavy atom. The second kappa shape index (κ2) is 12.5. The van der Waals surface area contributed by atoms with Gasteiger partial charge in [0.1, 0.15) is 5.25 Å². The zero-order valence-electron chi connectivity index (χ0n) is 13.5. The van der Waals surface area contributed by atoms with Crippen LogP contribution in [-0.4, -0.2) is 29.8 Å². The Labute approximate surface area is 128 Å². The molecule has 0 rings (SSSR count). The van der Waals surface area contributed by atoms with Crippen molar-refractivity contribution >= 4 is 17.7 Å². The summed E-state index contributed by atoms with van der Waals surface area (Å²) in [5, 5.41) is -0.0449. The molecule has 0 aromatic heterocycles. The van der Waals surface area contributed by atoms with Gasteiger partial charge in [-0.15, -0.1) is 11.8 Å². The number of unbranched alkanes of at least 4 members (excludes halogenated alkanes) is 2. The second-order valence-electron chi connectivity index (χ2n) is 5.80. The molecular formula is C16H31FO2S. The van der Waals surface area contributed by atoms with E-state index in [0.717, 1.165) is 37.9 Å². The van der Waals surface area contributed by atoms with Crippen molar-refractivity contribution in [3.63, 3.8) is 0 Å². The van der Waals surface area contributed by atoms with Crippen LogP contribution < -0.4 is 0 Å². The lowest BCUT2D eigenvalue weighted by Crippen LogP contribution is -2.22. The molecule has 2 unspecified atom stereocenters. The first-order valence-electron chi connectivity index (χ1n) is 7.89. The van der Waals surface area contributed by atoms with Gasteiger partial charge in [-0.25, -0.2) is 4.39 Å². The van der Waals surface area contributed by atoms with Crippen molar-refractivity contribution in [2.24, 2.45) is 5.92 Å². The Hall–Kier alpha value is -0.250. The van der Waals surface area contributed by atoms with Crippen LogP contribution in [0.1, 0.15) is 66.2 Å². The van der Waals surface area contributed by atoms with Crippen LogP contribution in [0.2, 0.25) is 0 Å². The Morgan fingerprint density at radius 3 is 2.40 bits per heavy atom. The van der Waals surface area contributed by atoms with Gasteiger partial charge in [0.2, 0.25) is 0 Å². The molecule has 120 valence electrons. The average Bonchev–Trinajstić information content (AvgIpc) is 2.38. The standard InChI is InChI=1S/C16H31FO2S/c1-5-6-10-15(16(18)19-12-13(2)3)20-11-8-7-9-14(4)17/h13-15H,5-12H2,1-4H3. The fourth-order valence-corrected chi connectivity index (χ4v) is 2.95. The van der Waals surface area contributed by atoms with Crippen LogP contribution in [0.4, 0.5) is 4.39 Å². The molecule has 0 aromatic rings. The number of hydrogen-bond acceptors (Lipinski definition) is 3. The summed E-state index contributed by atoms with van der Waals surface area (Å²) < 4.78 is 18.0. The van der Waals surface area contributed by atoms with Crippen molar-refractivity contribution in [1.82, 2.24) is 0 Å². The summed E-state index contributed by atoms with van der Waals surface area (Å²) in [6, 6.07) is 0. The van der Waals surface area contributed by atoms with E-state index in [0.29, 0.717) is 18.9 Å². The van der Waals surface area contributed by atoms with Crippen LogP contribution in [0.5, 0.6) is 0 Å². The van der Waals surface area contributed by atoms with Crippen LogP contribution >= 0.6 is 11.8 Å². The quantitative estimate of drug-likeness (QED) is 0.375. The predicted molar refractivity (Wildman–Crippen MR) is 86.0 cm³/mol. The molecule has 0 fully saturated rings. The van der Waals surface area contributed by atoms with Crippen LogP contribution in [0.25, 0.3) is 0 Å². The Morgan fingerprint density at radius 1 is 1.15 bits per heavy atom. The van der Waals surface area contributed by atoms with Crippen molar-refractivity contribution in [3.05, 3.63) is 0 Å². The highest BCUT2D eigenvalue weighted by Gasteiger charge is 2.20. The molecule has 0 aliphatic rings. The predicted octanol–water partition coefficient (Wildman–Crippen LogP) is 5.01. The number of esters is 1. The molecule has 0 N–H and O–H groups in total. The molecule has 0 aliphatic heterocycles. The fourth-order valence-electron chi connectivity index (χ4n) is 1.75. The van der Waals surface area contributed by atoms with Crippen LogP contribution in [0.15, 0.2) is 0 Å². The van der Waals surface area contributed by atoms with Crippen molar-refractivity contribution < 1.29 is 13.9 Å². The largest absolute Gasteiger partial charge is 0.465 e. The monoisotopic (exact) mass is 306 g/mol. The minimum absolute atomic E-state index is 0.0449. The summed E-state index contributed by atoms with van der Waals surface area (Å²) in [5.74, 6) is 1.22. The molecule has 0 bridgehead atoms. The molecule has 4 heteroatoms. The van der Waals surface area contributed by atoms with E-state index in [1.165, 1.54) is 0 Å². The van der Waals surface area contributed by atoms with Crippen molar-refractivity contribution in [2.75, 3.05) is 12.4 Å². The van der Waals surface area contributed by atoms with E-state index in [2.05, 4.69) is 6.92 Å². The maximum atomic E-state index is 12.7. The van der Waals surface area contributed by atoms with Crippen LogP contribution in [0, 0.1) is 5.92 Å². The Kier molecular flexibility index (Phi) is 12.3. The molecule has 0 saturated carbocycles. The first-order chi connectivity index (χ1) is 9.47. The van der Waals surface area contributed by atoms with Crippen molar-refractivity contribution in [3.8, 4) is 0 Å². The van der Waals surface area contributed by atoms with Gasteiger partial charge < -0.3 is 4.74 Å². The zero-order valence-corrected chi connectivity index (χ0v) is 14.3. The number of carbonyl (C=O) groups excluding carboxylic acids is 1. The molecule has 0 radical (unpaired) electrons. The highest BCUT2D eigenvalue weighted by molar-refractivity contribution is 8.00. The number of halogens is 1.